The van der Waals surface area contributed by atoms with Gasteiger partial charge in [-0.1, -0.05) is 62.2 Å². The van der Waals surface area contributed by atoms with Gasteiger partial charge in [-0.2, -0.15) is 0 Å². The lowest BCUT2D eigenvalue weighted by atomic mass is 9.65. The van der Waals surface area contributed by atoms with Crippen LogP contribution in [0, 0.1) is 5.92 Å². The van der Waals surface area contributed by atoms with Crippen LogP contribution in [0.5, 0.6) is 11.5 Å². The monoisotopic (exact) mass is 468 g/mol. The topological polar surface area (TPSA) is 35.5 Å². The third-order valence-corrected chi connectivity index (χ3v) is 7.86. The first-order valence-corrected chi connectivity index (χ1v) is 13.1. The molecule has 0 amide bonds. The minimum atomic E-state index is -0.320. The van der Waals surface area contributed by atoms with Crippen LogP contribution >= 0.6 is 0 Å². The van der Waals surface area contributed by atoms with Crippen molar-refractivity contribution in [1.82, 2.24) is 0 Å². The minimum absolute atomic E-state index is 0.249. The van der Waals surface area contributed by atoms with Crippen molar-refractivity contribution in [2.45, 2.75) is 77.2 Å². The van der Waals surface area contributed by atoms with E-state index in [4.69, 9.17) is 9.47 Å². The van der Waals surface area contributed by atoms with Crippen LogP contribution in [-0.2, 0) is 6.42 Å². The Kier molecular flexibility index (Phi) is 6.44. The van der Waals surface area contributed by atoms with Gasteiger partial charge < -0.3 is 9.47 Å². The highest BCUT2D eigenvalue weighted by Gasteiger charge is 2.47. The molecule has 0 radical (unpaired) electrons. The molecule has 182 valence electrons. The summed E-state index contributed by atoms with van der Waals surface area (Å²) in [7, 11) is 0. The van der Waals surface area contributed by atoms with Crippen molar-refractivity contribution in [2.75, 3.05) is 0 Å². The molecule has 3 aromatic carbocycles. The molecule has 3 aromatic rings. The van der Waals surface area contributed by atoms with Gasteiger partial charge in [0.1, 0.15) is 17.1 Å². The summed E-state index contributed by atoms with van der Waals surface area (Å²) in [6.45, 7) is 10.9. The fourth-order valence-electron chi connectivity index (χ4n) is 6.00. The number of allylic oxidation sites excluding steroid dienone is 1. The number of ether oxygens (including phenoxy) is 2. The minimum Gasteiger partial charge on any atom is -0.487 e. The molecule has 0 aromatic heterocycles. The molecule has 0 spiro atoms. The predicted molar refractivity (Wildman–Crippen MR) is 143 cm³/mol. The van der Waals surface area contributed by atoms with Gasteiger partial charge in [-0.15, -0.1) is 0 Å². The standard InChI is InChI=1S/C32H36O3/c1-5-6-7-10-22-18-28(34-31(33)25-15-14-23-11-8-9-12-24(23)20-25)30-26-17-21(2)13-16-27(26)32(3,4)35-29(30)19-22/h8-9,11-12,14-15,18-20,26-27H,2,5-7,10,13,16-17H2,1,3-4H3. The van der Waals surface area contributed by atoms with E-state index in [-0.39, 0.29) is 17.5 Å². The second-order valence-electron chi connectivity index (χ2n) is 10.8. The number of carbonyl (C=O) groups excluding carboxylic acids is 1. The van der Waals surface area contributed by atoms with Gasteiger partial charge in [0.15, 0.2) is 0 Å². The second-order valence-corrected chi connectivity index (χ2v) is 10.8. The molecule has 1 heterocycles. The summed E-state index contributed by atoms with van der Waals surface area (Å²) >= 11 is 0. The fraction of sp³-hybridized carbons (Fsp3) is 0.406. The maximum atomic E-state index is 13.4. The Bertz CT molecular complexity index is 1270. The molecule has 5 rings (SSSR count). The molecule has 0 bridgehead atoms. The van der Waals surface area contributed by atoms with Crippen molar-refractivity contribution >= 4 is 16.7 Å². The Balaban J connectivity index is 1.54. The molecule has 1 aliphatic carbocycles. The Morgan fingerprint density at radius 1 is 1.09 bits per heavy atom. The Labute approximate surface area is 209 Å². The van der Waals surface area contributed by atoms with E-state index in [2.05, 4.69) is 45.5 Å². The molecule has 3 heteroatoms. The Morgan fingerprint density at radius 3 is 2.69 bits per heavy atom. The highest BCUT2D eigenvalue weighted by atomic mass is 16.5. The lowest BCUT2D eigenvalue weighted by Crippen LogP contribution is -2.46. The molecule has 0 N–H and O–H groups in total. The number of hydrogen-bond acceptors (Lipinski definition) is 3. The van der Waals surface area contributed by atoms with E-state index >= 15 is 0 Å². The molecule has 3 nitrogen and oxygen atoms in total. The van der Waals surface area contributed by atoms with E-state index < -0.39 is 0 Å². The van der Waals surface area contributed by atoms with E-state index in [1.807, 2.05) is 36.4 Å². The maximum absolute atomic E-state index is 13.4. The molecule has 1 fully saturated rings. The number of unbranched alkanes of at least 4 members (excludes halogenated alkanes) is 2. The molecule has 2 atom stereocenters. The van der Waals surface area contributed by atoms with Crippen molar-refractivity contribution in [2.24, 2.45) is 5.92 Å². The van der Waals surface area contributed by atoms with Gasteiger partial charge in [-0.05, 0) is 86.6 Å². The zero-order valence-corrected chi connectivity index (χ0v) is 21.2. The van der Waals surface area contributed by atoms with E-state index in [0.29, 0.717) is 17.2 Å². The van der Waals surface area contributed by atoms with Crippen molar-refractivity contribution in [3.63, 3.8) is 0 Å². The summed E-state index contributed by atoms with van der Waals surface area (Å²) in [5.74, 6) is 1.83. The van der Waals surface area contributed by atoms with Crippen molar-refractivity contribution < 1.29 is 14.3 Å². The molecule has 2 unspecified atom stereocenters. The van der Waals surface area contributed by atoms with Crippen LogP contribution < -0.4 is 9.47 Å². The van der Waals surface area contributed by atoms with Crippen LogP contribution in [0.1, 0.15) is 86.7 Å². The zero-order chi connectivity index (χ0) is 24.6. The highest BCUT2D eigenvalue weighted by Crippen LogP contribution is 2.55. The lowest BCUT2D eigenvalue weighted by Gasteiger charge is -2.48. The van der Waals surface area contributed by atoms with Crippen LogP contribution in [0.4, 0.5) is 0 Å². The van der Waals surface area contributed by atoms with Gasteiger partial charge in [0.25, 0.3) is 0 Å². The van der Waals surface area contributed by atoms with E-state index in [9.17, 15) is 4.79 Å². The summed E-state index contributed by atoms with van der Waals surface area (Å²) in [5, 5.41) is 2.14. The van der Waals surface area contributed by atoms with Crippen molar-refractivity contribution in [3.8, 4) is 11.5 Å². The van der Waals surface area contributed by atoms with Gasteiger partial charge in [0.05, 0.1) is 5.56 Å². The van der Waals surface area contributed by atoms with E-state index in [0.717, 1.165) is 54.2 Å². The summed E-state index contributed by atoms with van der Waals surface area (Å²) in [4.78, 5) is 13.4. The lowest BCUT2D eigenvalue weighted by molar-refractivity contribution is -0.000935. The predicted octanol–water partition coefficient (Wildman–Crippen LogP) is 8.40. The number of carbonyl (C=O) groups is 1. The van der Waals surface area contributed by atoms with Gasteiger partial charge in [-0.25, -0.2) is 4.79 Å². The van der Waals surface area contributed by atoms with Gasteiger partial charge in [0, 0.05) is 17.4 Å². The highest BCUT2D eigenvalue weighted by molar-refractivity contribution is 5.96. The maximum Gasteiger partial charge on any atom is 0.343 e. The number of esters is 1. The average Bonchev–Trinajstić information content (AvgIpc) is 2.83. The van der Waals surface area contributed by atoms with Crippen LogP contribution in [0.2, 0.25) is 0 Å². The summed E-state index contributed by atoms with van der Waals surface area (Å²) < 4.78 is 12.8. The first-order valence-electron chi connectivity index (χ1n) is 13.1. The molecule has 2 aliphatic rings. The second kappa shape index (κ2) is 9.53. The largest absolute Gasteiger partial charge is 0.487 e. The molecule has 1 saturated carbocycles. The number of hydrogen-bond donors (Lipinski definition) is 0. The number of benzene rings is 3. The SMILES string of the molecule is C=C1CCC2C(C1)c1c(OC(=O)c3ccc4ccccc4c3)cc(CCCCC)cc1OC2(C)C. The fourth-order valence-corrected chi connectivity index (χ4v) is 6.00. The smallest absolute Gasteiger partial charge is 0.343 e. The van der Waals surface area contributed by atoms with Gasteiger partial charge in [-0.3, -0.25) is 0 Å². The average molecular weight is 469 g/mol. The molecular weight excluding hydrogens is 432 g/mol. The Hall–Kier alpha value is -3.07. The summed E-state index contributed by atoms with van der Waals surface area (Å²) in [6, 6.07) is 18.1. The van der Waals surface area contributed by atoms with Crippen molar-refractivity contribution in [3.05, 3.63) is 83.4 Å². The number of fused-ring (bicyclic) bond motifs is 4. The van der Waals surface area contributed by atoms with Gasteiger partial charge >= 0.3 is 5.97 Å². The quantitative estimate of drug-likeness (QED) is 0.158. The van der Waals surface area contributed by atoms with Crippen molar-refractivity contribution in [1.29, 1.82) is 0 Å². The number of aryl methyl sites for hydroxylation is 1. The molecule has 0 saturated heterocycles. The third kappa shape index (κ3) is 4.74. The zero-order valence-electron chi connectivity index (χ0n) is 21.2. The van der Waals surface area contributed by atoms with Crippen LogP contribution in [0.25, 0.3) is 10.8 Å². The summed E-state index contributed by atoms with van der Waals surface area (Å²) in [5.41, 5.74) is 3.79. The van der Waals surface area contributed by atoms with E-state index in [1.165, 1.54) is 24.0 Å². The molecule has 35 heavy (non-hydrogen) atoms. The first-order chi connectivity index (χ1) is 16.9. The Morgan fingerprint density at radius 2 is 1.89 bits per heavy atom. The first kappa shape index (κ1) is 23.7. The summed E-state index contributed by atoms with van der Waals surface area (Å²) in [6.07, 6.45) is 7.41. The van der Waals surface area contributed by atoms with Crippen LogP contribution in [-0.4, -0.2) is 11.6 Å². The third-order valence-electron chi connectivity index (χ3n) is 7.86. The molecule has 1 aliphatic heterocycles. The van der Waals surface area contributed by atoms with E-state index in [1.54, 1.807) is 0 Å². The van der Waals surface area contributed by atoms with Crippen LogP contribution in [0.15, 0.2) is 66.7 Å². The van der Waals surface area contributed by atoms with Crippen LogP contribution in [0.3, 0.4) is 0 Å². The number of rotatable bonds is 6. The normalized spacial score (nSPS) is 20.6. The molecular formula is C32H36O3. The van der Waals surface area contributed by atoms with Gasteiger partial charge in [0.2, 0.25) is 0 Å².